The summed E-state index contributed by atoms with van der Waals surface area (Å²) in [6, 6.07) is 5.13. The number of benzene rings is 1. The highest BCUT2D eigenvalue weighted by Gasteiger charge is 2.12. The fourth-order valence-electron chi connectivity index (χ4n) is 1.84. The van der Waals surface area contributed by atoms with E-state index in [4.69, 9.17) is 16.7 Å². The summed E-state index contributed by atoms with van der Waals surface area (Å²) < 4.78 is 0. The molecule has 0 aliphatic heterocycles. The van der Waals surface area contributed by atoms with Gasteiger partial charge in [0.1, 0.15) is 0 Å². The SMILES string of the molecule is Cc1c(CC(=O)O)c(=O)[nH]c2cc(Cl)ccc12. The lowest BCUT2D eigenvalue weighted by molar-refractivity contribution is -0.136. The topological polar surface area (TPSA) is 70.2 Å². The first-order chi connectivity index (χ1) is 7.99. The summed E-state index contributed by atoms with van der Waals surface area (Å²) in [5, 5.41) is 10.1. The molecule has 0 aliphatic carbocycles. The van der Waals surface area contributed by atoms with Gasteiger partial charge in [0.25, 0.3) is 5.56 Å². The molecule has 0 radical (unpaired) electrons. The highest BCUT2D eigenvalue weighted by Crippen LogP contribution is 2.21. The molecule has 0 spiro atoms. The average molecular weight is 252 g/mol. The Morgan fingerprint density at radius 1 is 1.47 bits per heavy atom. The number of carbonyl (C=O) groups is 1. The van der Waals surface area contributed by atoms with Gasteiger partial charge in [0.2, 0.25) is 0 Å². The molecule has 17 heavy (non-hydrogen) atoms. The number of fused-ring (bicyclic) bond motifs is 1. The van der Waals surface area contributed by atoms with Crippen molar-refractivity contribution in [3.05, 3.63) is 44.7 Å². The van der Waals surface area contributed by atoms with Crippen LogP contribution in [0.3, 0.4) is 0 Å². The maximum absolute atomic E-state index is 11.7. The van der Waals surface area contributed by atoms with Crippen molar-refractivity contribution in [1.29, 1.82) is 0 Å². The predicted molar refractivity (Wildman–Crippen MR) is 65.7 cm³/mol. The molecule has 5 heteroatoms. The molecule has 1 aromatic heterocycles. The second-order valence-corrected chi connectivity index (χ2v) is 4.25. The molecule has 0 bridgehead atoms. The minimum absolute atomic E-state index is 0.278. The van der Waals surface area contributed by atoms with E-state index in [9.17, 15) is 9.59 Å². The molecule has 0 saturated heterocycles. The van der Waals surface area contributed by atoms with E-state index in [1.54, 1.807) is 25.1 Å². The molecule has 88 valence electrons. The first-order valence-electron chi connectivity index (χ1n) is 5.02. The first-order valence-corrected chi connectivity index (χ1v) is 5.39. The molecule has 2 N–H and O–H groups in total. The maximum atomic E-state index is 11.7. The van der Waals surface area contributed by atoms with E-state index in [0.29, 0.717) is 16.1 Å². The van der Waals surface area contributed by atoms with Crippen molar-refractivity contribution in [2.45, 2.75) is 13.3 Å². The van der Waals surface area contributed by atoms with E-state index in [0.717, 1.165) is 5.39 Å². The average Bonchev–Trinajstić information content (AvgIpc) is 2.23. The van der Waals surface area contributed by atoms with Gasteiger partial charge in [0.05, 0.1) is 11.9 Å². The number of carboxylic acids is 1. The minimum atomic E-state index is -1.02. The lowest BCUT2D eigenvalue weighted by Crippen LogP contribution is -2.18. The number of aliphatic carboxylic acids is 1. The largest absolute Gasteiger partial charge is 0.481 e. The van der Waals surface area contributed by atoms with E-state index in [1.165, 1.54) is 0 Å². The molecule has 0 aliphatic rings. The number of pyridine rings is 1. The first kappa shape index (κ1) is 11.7. The van der Waals surface area contributed by atoms with Crippen molar-refractivity contribution in [2.75, 3.05) is 0 Å². The van der Waals surface area contributed by atoms with Crippen molar-refractivity contribution < 1.29 is 9.90 Å². The van der Waals surface area contributed by atoms with E-state index < -0.39 is 5.97 Å². The van der Waals surface area contributed by atoms with Gasteiger partial charge in [0.15, 0.2) is 0 Å². The molecule has 0 saturated carbocycles. The van der Waals surface area contributed by atoms with Crippen LogP contribution in [0.25, 0.3) is 10.9 Å². The monoisotopic (exact) mass is 251 g/mol. The van der Waals surface area contributed by atoms with Gasteiger partial charge in [-0.15, -0.1) is 0 Å². The number of nitrogens with one attached hydrogen (secondary N) is 1. The third kappa shape index (κ3) is 2.17. The normalized spacial score (nSPS) is 10.7. The molecular formula is C12H10ClNO3. The Labute approximate surface area is 102 Å². The third-order valence-corrected chi connectivity index (χ3v) is 2.92. The summed E-state index contributed by atoms with van der Waals surface area (Å²) in [6.45, 7) is 1.74. The number of aromatic amines is 1. The lowest BCUT2D eigenvalue weighted by Gasteiger charge is -2.07. The van der Waals surface area contributed by atoms with Gasteiger partial charge in [0, 0.05) is 16.0 Å². The summed E-state index contributed by atoms with van der Waals surface area (Å²) in [6.07, 6.45) is -0.278. The Morgan fingerprint density at radius 3 is 2.82 bits per heavy atom. The molecular weight excluding hydrogens is 242 g/mol. The summed E-state index contributed by atoms with van der Waals surface area (Å²) in [5.41, 5.74) is 1.21. The smallest absolute Gasteiger partial charge is 0.308 e. The highest BCUT2D eigenvalue weighted by molar-refractivity contribution is 6.31. The zero-order valence-corrected chi connectivity index (χ0v) is 9.84. The minimum Gasteiger partial charge on any atom is -0.481 e. The van der Waals surface area contributed by atoms with Crippen molar-refractivity contribution in [3.63, 3.8) is 0 Å². The van der Waals surface area contributed by atoms with Crippen LogP contribution in [0.1, 0.15) is 11.1 Å². The molecule has 0 unspecified atom stereocenters. The molecule has 0 atom stereocenters. The van der Waals surface area contributed by atoms with Crippen molar-refractivity contribution in [1.82, 2.24) is 4.98 Å². The van der Waals surface area contributed by atoms with Gasteiger partial charge >= 0.3 is 5.97 Å². The van der Waals surface area contributed by atoms with Crippen LogP contribution >= 0.6 is 11.6 Å². The Balaban J connectivity index is 2.76. The number of H-pyrrole nitrogens is 1. The van der Waals surface area contributed by atoms with Crippen LogP contribution in [0.4, 0.5) is 0 Å². The van der Waals surface area contributed by atoms with Crippen LogP contribution in [0.2, 0.25) is 5.02 Å². The molecule has 0 fully saturated rings. The Morgan fingerprint density at radius 2 is 2.18 bits per heavy atom. The third-order valence-electron chi connectivity index (χ3n) is 2.69. The summed E-state index contributed by atoms with van der Waals surface area (Å²) in [7, 11) is 0. The number of carboxylic acid groups (broad SMARTS) is 1. The highest BCUT2D eigenvalue weighted by atomic mass is 35.5. The fourth-order valence-corrected chi connectivity index (χ4v) is 2.01. The summed E-state index contributed by atoms with van der Waals surface area (Å²) in [5.74, 6) is -1.02. The molecule has 2 aromatic rings. The van der Waals surface area contributed by atoms with Crippen LogP contribution in [0, 0.1) is 6.92 Å². The maximum Gasteiger partial charge on any atom is 0.308 e. The van der Waals surface area contributed by atoms with Gasteiger partial charge in [-0.05, 0) is 24.6 Å². The van der Waals surface area contributed by atoms with Crippen molar-refractivity contribution >= 4 is 28.5 Å². The number of hydrogen-bond acceptors (Lipinski definition) is 2. The van der Waals surface area contributed by atoms with Crippen molar-refractivity contribution in [3.8, 4) is 0 Å². The standard InChI is InChI=1S/C12H10ClNO3/c1-6-8-3-2-7(13)4-10(8)14-12(17)9(6)5-11(15)16/h2-4H,5H2,1H3,(H,14,17)(H,15,16). The van der Waals surface area contributed by atoms with Crippen LogP contribution in [-0.2, 0) is 11.2 Å². The molecule has 1 heterocycles. The molecule has 1 aromatic carbocycles. The van der Waals surface area contributed by atoms with Gasteiger partial charge in [-0.25, -0.2) is 0 Å². The van der Waals surface area contributed by atoms with Gasteiger partial charge in [-0.1, -0.05) is 17.7 Å². The van der Waals surface area contributed by atoms with E-state index >= 15 is 0 Å². The van der Waals surface area contributed by atoms with Gasteiger partial charge < -0.3 is 10.1 Å². The quantitative estimate of drug-likeness (QED) is 0.859. The zero-order chi connectivity index (χ0) is 12.6. The molecule has 4 nitrogen and oxygen atoms in total. The second kappa shape index (κ2) is 4.22. The summed E-state index contributed by atoms with van der Waals surface area (Å²) >= 11 is 5.83. The van der Waals surface area contributed by atoms with Gasteiger partial charge in [-0.3, -0.25) is 9.59 Å². The summed E-state index contributed by atoms with van der Waals surface area (Å²) in [4.78, 5) is 25.1. The Bertz CT molecular complexity index is 661. The lowest BCUT2D eigenvalue weighted by atomic mass is 10.0. The van der Waals surface area contributed by atoms with E-state index in [2.05, 4.69) is 4.98 Å². The number of hydrogen-bond donors (Lipinski definition) is 2. The number of halogens is 1. The van der Waals surface area contributed by atoms with Gasteiger partial charge in [-0.2, -0.15) is 0 Å². The number of rotatable bonds is 2. The van der Waals surface area contributed by atoms with Crippen molar-refractivity contribution in [2.24, 2.45) is 0 Å². The number of aryl methyl sites for hydroxylation is 1. The van der Waals surface area contributed by atoms with Crippen LogP contribution in [-0.4, -0.2) is 16.1 Å². The van der Waals surface area contributed by atoms with E-state index in [-0.39, 0.29) is 17.5 Å². The number of aromatic nitrogens is 1. The van der Waals surface area contributed by atoms with Crippen LogP contribution in [0.15, 0.2) is 23.0 Å². The van der Waals surface area contributed by atoms with E-state index in [1.807, 2.05) is 0 Å². The zero-order valence-electron chi connectivity index (χ0n) is 9.08. The van der Waals surface area contributed by atoms with Crippen LogP contribution < -0.4 is 5.56 Å². The Hall–Kier alpha value is -1.81. The molecule has 2 rings (SSSR count). The predicted octanol–water partition coefficient (Wildman–Crippen LogP) is 2.12. The van der Waals surface area contributed by atoms with Crippen LogP contribution in [0.5, 0.6) is 0 Å². The Kier molecular flexibility index (Phi) is 2.90. The second-order valence-electron chi connectivity index (χ2n) is 3.82. The molecule has 0 amide bonds. The fraction of sp³-hybridized carbons (Fsp3) is 0.167.